The predicted molar refractivity (Wildman–Crippen MR) is 85.7 cm³/mol. The number of amides is 1. The molecule has 11 heteroatoms. The summed E-state index contributed by atoms with van der Waals surface area (Å²) in [7, 11) is -0.0719. The molecule has 2 unspecified atom stereocenters. The first-order chi connectivity index (χ1) is 11.5. The van der Waals surface area contributed by atoms with Crippen molar-refractivity contribution in [1.82, 2.24) is 5.32 Å². The molecular formula is C13H17BN2O7S. The quantitative estimate of drug-likeness (QED) is 0.356. The summed E-state index contributed by atoms with van der Waals surface area (Å²) in [5.41, 5.74) is 0.0611. The number of carbonyl (C=O) groups is 2. The number of carboxylic acid groups (broad SMARTS) is 1. The van der Waals surface area contributed by atoms with E-state index >= 15 is 0 Å². The van der Waals surface area contributed by atoms with Crippen LogP contribution < -0.4 is 5.32 Å². The molecule has 1 amide bonds. The van der Waals surface area contributed by atoms with Gasteiger partial charge in [-0.3, -0.25) is 9.59 Å². The lowest BCUT2D eigenvalue weighted by Crippen LogP contribution is -2.52. The van der Waals surface area contributed by atoms with Crippen molar-refractivity contribution in [2.45, 2.75) is 18.5 Å². The Morgan fingerprint density at radius 2 is 2.33 bits per heavy atom. The standard InChI is InChI=1S/C13H17BN2O7S/c1-21-16-12(9-3-2-4-24-9)13(19)15-10-7-22-6-8(5-11(17)18)23-14(10)20/h2-4,8,10,20H,5-7H2,1H3,(H,15,19)(H,17,18). The number of carboxylic acids is 1. The Bertz CT molecular complexity index is 595. The van der Waals surface area contributed by atoms with Crippen LogP contribution in [0, 0.1) is 0 Å². The minimum atomic E-state index is -1.40. The van der Waals surface area contributed by atoms with Crippen LogP contribution in [0.15, 0.2) is 22.7 Å². The SMILES string of the molecule is CON=C(C(=O)NC1COCC(CC(=O)O)OB1O)c1cccs1. The highest BCUT2D eigenvalue weighted by Crippen LogP contribution is 2.12. The molecule has 0 saturated carbocycles. The molecule has 0 spiro atoms. The molecule has 1 aliphatic heterocycles. The van der Waals surface area contributed by atoms with E-state index in [1.54, 1.807) is 17.5 Å². The minimum absolute atomic E-state index is 0.0136. The van der Waals surface area contributed by atoms with Crippen LogP contribution in [0.5, 0.6) is 0 Å². The Morgan fingerprint density at radius 3 is 2.96 bits per heavy atom. The molecule has 1 fully saturated rings. The highest BCUT2D eigenvalue weighted by molar-refractivity contribution is 7.13. The van der Waals surface area contributed by atoms with Crippen LogP contribution in [-0.2, 0) is 23.8 Å². The van der Waals surface area contributed by atoms with Crippen LogP contribution in [0.2, 0.25) is 0 Å². The third-order valence-electron chi connectivity index (χ3n) is 3.15. The number of nitrogens with zero attached hydrogens (tertiary/aromatic N) is 1. The monoisotopic (exact) mass is 356 g/mol. The minimum Gasteiger partial charge on any atom is -0.481 e. The molecule has 2 rings (SSSR count). The summed E-state index contributed by atoms with van der Waals surface area (Å²) in [5.74, 6) is -2.49. The number of hydrogen-bond donors (Lipinski definition) is 3. The maximum absolute atomic E-state index is 12.4. The molecule has 130 valence electrons. The number of nitrogens with one attached hydrogen (secondary N) is 1. The second-order valence-electron chi connectivity index (χ2n) is 4.96. The molecule has 1 aliphatic rings. The highest BCUT2D eigenvalue weighted by Gasteiger charge is 2.36. The highest BCUT2D eigenvalue weighted by atomic mass is 32.1. The van der Waals surface area contributed by atoms with Crippen LogP contribution >= 0.6 is 11.3 Å². The van der Waals surface area contributed by atoms with E-state index in [1.165, 1.54) is 18.4 Å². The molecule has 24 heavy (non-hydrogen) atoms. The molecule has 0 aliphatic carbocycles. The van der Waals surface area contributed by atoms with Crippen molar-refractivity contribution in [2.24, 2.45) is 5.16 Å². The lowest BCUT2D eigenvalue weighted by atomic mass is 9.79. The Balaban J connectivity index is 2.02. The van der Waals surface area contributed by atoms with Gasteiger partial charge in [-0.15, -0.1) is 11.3 Å². The van der Waals surface area contributed by atoms with Crippen molar-refractivity contribution in [2.75, 3.05) is 20.3 Å². The number of ether oxygens (including phenoxy) is 1. The molecular weight excluding hydrogens is 339 g/mol. The fraction of sp³-hybridized carbons (Fsp3) is 0.462. The molecule has 0 radical (unpaired) electrons. The van der Waals surface area contributed by atoms with E-state index in [0.717, 1.165) is 0 Å². The summed E-state index contributed by atoms with van der Waals surface area (Å²) >= 11 is 1.31. The molecule has 1 saturated heterocycles. The number of hydrogen-bond acceptors (Lipinski definition) is 8. The maximum Gasteiger partial charge on any atom is 0.480 e. The number of thiophene rings is 1. The van der Waals surface area contributed by atoms with Gasteiger partial charge in [-0.1, -0.05) is 11.2 Å². The molecule has 1 aromatic heterocycles. The largest absolute Gasteiger partial charge is 0.481 e. The number of aliphatic carboxylic acids is 1. The first-order valence-corrected chi connectivity index (χ1v) is 7.98. The van der Waals surface area contributed by atoms with Crippen molar-refractivity contribution >= 4 is 36.0 Å². The zero-order valence-corrected chi connectivity index (χ0v) is 13.7. The first-order valence-electron chi connectivity index (χ1n) is 7.10. The smallest absolute Gasteiger partial charge is 0.480 e. The van der Waals surface area contributed by atoms with Crippen molar-refractivity contribution in [3.8, 4) is 0 Å². The fourth-order valence-corrected chi connectivity index (χ4v) is 2.80. The molecule has 0 aromatic carbocycles. The van der Waals surface area contributed by atoms with E-state index in [0.29, 0.717) is 4.88 Å². The lowest BCUT2D eigenvalue weighted by Gasteiger charge is -2.18. The zero-order valence-electron chi connectivity index (χ0n) is 12.9. The van der Waals surface area contributed by atoms with Gasteiger partial charge in [0.25, 0.3) is 5.91 Å². The third kappa shape index (κ3) is 5.03. The molecule has 2 atom stereocenters. The average Bonchev–Trinajstić information content (AvgIpc) is 2.98. The van der Waals surface area contributed by atoms with E-state index in [-0.39, 0.29) is 25.3 Å². The van der Waals surface area contributed by atoms with Crippen LogP contribution in [0.25, 0.3) is 0 Å². The average molecular weight is 356 g/mol. The van der Waals surface area contributed by atoms with Gasteiger partial charge in [0.1, 0.15) is 7.11 Å². The van der Waals surface area contributed by atoms with Crippen LogP contribution in [-0.4, -0.2) is 67.2 Å². The molecule has 3 N–H and O–H groups in total. The normalized spacial score (nSPS) is 21.9. The van der Waals surface area contributed by atoms with Gasteiger partial charge in [-0.25, -0.2) is 0 Å². The summed E-state index contributed by atoms with van der Waals surface area (Å²) in [6.45, 7) is -0.00655. The Morgan fingerprint density at radius 1 is 1.54 bits per heavy atom. The predicted octanol–water partition coefficient (Wildman–Crippen LogP) is -0.507. The van der Waals surface area contributed by atoms with Gasteiger partial charge in [0.05, 0.1) is 36.6 Å². The maximum atomic E-state index is 12.4. The van der Waals surface area contributed by atoms with Gasteiger partial charge >= 0.3 is 13.1 Å². The van der Waals surface area contributed by atoms with Crippen molar-refractivity contribution in [1.29, 1.82) is 0 Å². The second-order valence-corrected chi connectivity index (χ2v) is 5.91. The summed E-state index contributed by atoms with van der Waals surface area (Å²) in [4.78, 5) is 28.4. The number of rotatable bonds is 6. The third-order valence-corrected chi connectivity index (χ3v) is 4.02. The van der Waals surface area contributed by atoms with E-state index < -0.39 is 31.0 Å². The molecule has 9 nitrogen and oxygen atoms in total. The summed E-state index contributed by atoms with van der Waals surface area (Å²) < 4.78 is 10.5. The number of carbonyl (C=O) groups excluding carboxylic acids is 1. The second kappa shape index (κ2) is 8.78. The van der Waals surface area contributed by atoms with E-state index in [9.17, 15) is 14.6 Å². The Hall–Kier alpha value is -1.95. The van der Waals surface area contributed by atoms with Gasteiger partial charge in [0.2, 0.25) is 0 Å². The van der Waals surface area contributed by atoms with Gasteiger partial charge in [0, 0.05) is 0 Å². The lowest BCUT2D eigenvalue weighted by molar-refractivity contribution is -0.139. The first kappa shape index (κ1) is 18.4. The van der Waals surface area contributed by atoms with Crippen LogP contribution in [0.1, 0.15) is 11.3 Å². The van der Waals surface area contributed by atoms with Crippen molar-refractivity contribution in [3.63, 3.8) is 0 Å². The molecule has 2 heterocycles. The van der Waals surface area contributed by atoms with Gasteiger partial charge in [-0.05, 0) is 11.4 Å². The molecule has 0 bridgehead atoms. The molecule has 1 aromatic rings. The van der Waals surface area contributed by atoms with Gasteiger partial charge in [-0.2, -0.15) is 0 Å². The van der Waals surface area contributed by atoms with Crippen molar-refractivity contribution < 1.29 is 33.9 Å². The zero-order chi connectivity index (χ0) is 17.5. The van der Waals surface area contributed by atoms with E-state index in [2.05, 4.69) is 10.5 Å². The van der Waals surface area contributed by atoms with Crippen LogP contribution in [0.3, 0.4) is 0 Å². The summed E-state index contributed by atoms with van der Waals surface area (Å²) in [6.07, 6.45) is -1.09. The van der Waals surface area contributed by atoms with E-state index in [4.69, 9.17) is 19.3 Å². The Kier molecular flexibility index (Phi) is 6.73. The topological polar surface area (TPSA) is 127 Å². The van der Waals surface area contributed by atoms with Crippen molar-refractivity contribution in [3.05, 3.63) is 22.4 Å². The van der Waals surface area contributed by atoms with Gasteiger partial charge < -0.3 is 29.7 Å². The number of oxime groups is 1. The Labute approximate surface area is 142 Å². The van der Waals surface area contributed by atoms with Gasteiger partial charge in [0.15, 0.2) is 5.71 Å². The van der Waals surface area contributed by atoms with Crippen LogP contribution in [0.4, 0.5) is 0 Å². The van der Waals surface area contributed by atoms with E-state index in [1.807, 2.05) is 0 Å². The summed E-state index contributed by atoms with van der Waals surface area (Å²) in [5, 5.41) is 26.9. The fourth-order valence-electron chi connectivity index (χ4n) is 2.09. The summed E-state index contributed by atoms with van der Waals surface area (Å²) in [6, 6.07) is 3.48.